The molecule has 0 radical (unpaired) electrons. The fourth-order valence-electron chi connectivity index (χ4n) is 5.02. The fraction of sp³-hybridized carbons (Fsp3) is 0.448. The van der Waals surface area contributed by atoms with Gasteiger partial charge in [0.25, 0.3) is 0 Å². The Hall–Kier alpha value is -3.30. The van der Waals surface area contributed by atoms with Gasteiger partial charge in [0.15, 0.2) is 5.13 Å². The van der Waals surface area contributed by atoms with E-state index in [2.05, 4.69) is 86.8 Å². The molecule has 1 aliphatic heterocycles. The summed E-state index contributed by atoms with van der Waals surface area (Å²) in [6, 6.07) is 6.44. The third kappa shape index (κ3) is 5.44. The summed E-state index contributed by atoms with van der Waals surface area (Å²) in [6.45, 7) is 17.8. The first-order valence-electron chi connectivity index (χ1n) is 13.1. The number of aryl methyl sites for hydroxylation is 2. The molecule has 1 aromatic carbocycles. The Morgan fingerprint density at radius 3 is 2.63 bits per heavy atom. The summed E-state index contributed by atoms with van der Waals surface area (Å²) in [6.07, 6.45) is 1.90. The molecule has 0 saturated carbocycles. The lowest BCUT2D eigenvalue weighted by atomic mass is 9.99. The number of hydrogen-bond donors (Lipinski definition) is 2. The molecule has 0 aliphatic carbocycles. The Morgan fingerprint density at radius 1 is 1.11 bits per heavy atom. The number of ether oxygens (including phenoxy) is 1. The summed E-state index contributed by atoms with van der Waals surface area (Å²) >= 11 is 1.41. The van der Waals surface area contributed by atoms with Crippen LogP contribution in [0.3, 0.4) is 0 Å². The van der Waals surface area contributed by atoms with E-state index in [1.807, 2.05) is 6.20 Å². The number of benzene rings is 1. The monoisotopic (exact) mass is 531 g/mol. The number of rotatable bonds is 5. The summed E-state index contributed by atoms with van der Waals surface area (Å²) < 4.78 is 6.31. The highest BCUT2D eigenvalue weighted by Crippen LogP contribution is 2.37. The van der Waals surface area contributed by atoms with Crippen LogP contribution in [0.4, 0.5) is 10.9 Å². The fourth-order valence-corrected chi connectivity index (χ4v) is 5.68. The van der Waals surface area contributed by atoms with Crippen LogP contribution in [0.15, 0.2) is 24.4 Å². The van der Waals surface area contributed by atoms with Crippen LogP contribution in [0.2, 0.25) is 0 Å². The van der Waals surface area contributed by atoms with E-state index >= 15 is 0 Å². The van der Waals surface area contributed by atoms with Gasteiger partial charge in [-0.25, -0.2) is 19.9 Å². The molecule has 8 nitrogen and oxygen atoms in total. The lowest BCUT2D eigenvalue weighted by Crippen LogP contribution is -2.36. The third-order valence-corrected chi connectivity index (χ3v) is 7.54. The van der Waals surface area contributed by atoms with Gasteiger partial charge in [-0.3, -0.25) is 0 Å². The van der Waals surface area contributed by atoms with E-state index < -0.39 is 0 Å². The molecule has 0 amide bonds. The Labute approximate surface area is 228 Å². The first kappa shape index (κ1) is 26.3. The normalized spacial score (nSPS) is 14.1. The minimum atomic E-state index is -0.0143. The van der Waals surface area contributed by atoms with Crippen LogP contribution >= 0.6 is 11.3 Å². The van der Waals surface area contributed by atoms with Gasteiger partial charge in [-0.05, 0) is 69.9 Å². The molecule has 9 heteroatoms. The second kappa shape index (κ2) is 10.1. The Morgan fingerprint density at radius 2 is 1.89 bits per heavy atom. The van der Waals surface area contributed by atoms with Gasteiger partial charge in [0.1, 0.15) is 34.3 Å². The third-order valence-electron chi connectivity index (χ3n) is 6.73. The van der Waals surface area contributed by atoms with Crippen molar-refractivity contribution in [1.82, 2.24) is 25.3 Å². The van der Waals surface area contributed by atoms with Crippen LogP contribution in [-0.2, 0) is 13.1 Å². The SMILES string of the molecule is Cc1cc(-c2cnc3sc(N)nc3c2)cc2c1OCCN(c1nc(CNC(C)(C)C)nc(C)c1C(C)C)C2. The first-order valence-corrected chi connectivity index (χ1v) is 14.0. The molecule has 0 bridgehead atoms. The highest BCUT2D eigenvalue weighted by Gasteiger charge is 2.25. The molecular formula is C29H37N7OS. The molecule has 4 aromatic rings. The topological polar surface area (TPSA) is 102 Å². The number of fused-ring (bicyclic) bond motifs is 2. The Bertz CT molecular complexity index is 1490. The summed E-state index contributed by atoms with van der Waals surface area (Å²) in [4.78, 5) is 22.2. The molecule has 0 atom stereocenters. The zero-order valence-corrected chi connectivity index (χ0v) is 24.2. The number of nitrogens with one attached hydrogen (secondary N) is 1. The van der Waals surface area contributed by atoms with Gasteiger partial charge >= 0.3 is 0 Å². The minimum absolute atomic E-state index is 0.0143. The second-order valence-corrected chi connectivity index (χ2v) is 12.4. The standard InChI is InChI=1S/C29H37N7OS/c1-16(2)24-18(4)33-23(14-32-29(5,6)7)35-26(24)36-8-9-37-25-17(3)10-19(11-21(25)15-36)20-12-22-27(31-13-20)38-28(30)34-22/h10-13,16,32H,8-9,14-15H2,1-7H3,(H2,30,34). The molecule has 200 valence electrons. The van der Waals surface area contributed by atoms with Gasteiger partial charge in [-0.15, -0.1) is 0 Å². The van der Waals surface area contributed by atoms with Crippen molar-refractivity contribution in [3.05, 3.63) is 52.6 Å². The van der Waals surface area contributed by atoms with Crippen LogP contribution in [0.25, 0.3) is 21.5 Å². The molecule has 0 saturated heterocycles. The van der Waals surface area contributed by atoms with Crippen molar-refractivity contribution in [1.29, 1.82) is 0 Å². The number of pyridine rings is 1. The van der Waals surface area contributed by atoms with Crippen LogP contribution < -0.4 is 20.7 Å². The number of aromatic nitrogens is 4. The molecule has 3 aromatic heterocycles. The van der Waals surface area contributed by atoms with E-state index in [0.29, 0.717) is 30.7 Å². The second-order valence-electron chi connectivity index (χ2n) is 11.4. The van der Waals surface area contributed by atoms with Gasteiger partial charge in [0.2, 0.25) is 0 Å². The maximum Gasteiger partial charge on any atom is 0.182 e. The van der Waals surface area contributed by atoms with Crippen molar-refractivity contribution in [3.63, 3.8) is 0 Å². The van der Waals surface area contributed by atoms with Crippen molar-refractivity contribution in [2.45, 2.75) is 73.0 Å². The number of hydrogen-bond acceptors (Lipinski definition) is 9. The van der Waals surface area contributed by atoms with Gasteiger partial charge in [-0.2, -0.15) is 0 Å². The van der Waals surface area contributed by atoms with E-state index in [1.54, 1.807) is 0 Å². The van der Waals surface area contributed by atoms with Gasteiger partial charge < -0.3 is 20.7 Å². The van der Waals surface area contributed by atoms with Crippen LogP contribution in [0.5, 0.6) is 5.75 Å². The largest absolute Gasteiger partial charge is 0.491 e. The molecular weight excluding hydrogens is 494 g/mol. The summed E-state index contributed by atoms with van der Waals surface area (Å²) in [5.41, 5.74) is 13.3. The van der Waals surface area contributed by atoms with Crippen molar-refractivity contribution < 1.29 is 4.74 Å². The number of nitrogens with zero attached hydrogens (tertiary/aromatic N) is 5. The van der Waals surface area contributed by atoms with Gasteiger partial charge in [0.05, 0.1) is 13.1 Å². The average Bonchev–Trinajstić information content (AvgIpc) is 3.06. The van der Waals surface area contributed by atoms with Crippen LogP contribution in [0, 0.1) is 13.8 Å². The molecule has 3 N–H and O–H groups in total. The zero-order chi connectivity index (χ0) is 27.2. The van der Waals surface area contributed by atoms with E-state index in [4.69, 9.17) is 20.4 Å². The van der Waals surface area contributed by atoms with Crippen LogP contribution in [-0.4, -0.2) is 38.6 Å². The highest BCUT2D eigenvalue weighted by molar-refractivity contribution is 7.21. The highest BCUT2D eigenvalue weighted by atomic mass is 32.1. The quantitative estimate of drug-likeness (QED) is 0.335. The van der Waals surface area contributed by atoms with E-state index in [9.17, 15) is 0 Å². The average molecular weight is 532 g/mol. The summed E-state index contributed by atoms with van der Waals surface area (Å²) in [5, 5.41) is 4.07. The Balaban J connectivity index is 1.54. The lowest BCUT2D eigenvalue weighted by Gasteiger charge is -2.27. The number of anilines is 2. The molecule has 4 heterocycles. The lowest BCUT2D eigenvalue weighted by molar-refractivity contribution is 0.329. The maximum atomic E-state index is 6.31. The number of thiazole rings is 1. The van der Waals surface area contributed by atoms with Crippen molar-refractivity contribution in [3.8, 4) is 16.9 Å². The molecule has 0 fully saturated rings. The molecule has 1 aliphatic rings. The predicted octanol–water partition coefficient (Wildman–Crippen LogP) is 5.76. The Kier molecular flexibility index (Phi) is 7.00. The summed E-state index contributed by atoms with van der Waals surface area (Å²) in [5.74, 6) is 3.07. The smallest absolute Gasteiger partial charge is 0.182 e. The minimum Gasteiger partial charge on any atom is -0.491 e. The number of nitrogen functional groups attached to an aromatic ring is 1. The van der Waals surface area contributed by atoms with Crippen LogP contribution in [0.1, 0.15) is 68.7 Å². The predicted molar refractivity (Wildman–Crippen MR) is 156 cm³/mol. The van der Waals surface area contributed by atoms with Crippen molar-refractivity contribution in [2.24, 2.45) is 0 Å². The van der Waals surface area contributed by atoms with E-state index in [-0.39, 0.29) is 5.54 Å². The van der Waals surface area contributed by atoms with Crippen molar-refractivity contribution >= 4 is 32.6 Å². The molecule has 38 heavy (non-hydrogen) atoms. The van der Waals surface area contributed by atoms with E-state index in [0.717, 1.165) is 62.2 Å². The zero-order valence-electron chi connectivity index (χ0n) is 23.3. The molecule has 0 spiro atoms. The summed E-state index contributed by atoms with van der Waals surface area (Å²) in [7, 11) is 0. The molecule has 5 rings (SSSR count). The van der Waals surface area contributed by atoms with E-state index in [1.165, 1.54) is 16.9 Å². The van der Waals surface area contributed by atoms with Gasteiger partial charge in [-0.1, -0.05) is 25.2 Å². The first-order chi connectivity index (χ1) is 18.0. The van der Waals surface area contributed by atoms with Gasteiger partial charge in [0, 0.05) is 40.7 Å². The van der Waals surface area contributed by atoms with Crippen molar-refractivity contribution in [2.75, 3.05) is 23.8 Å². The number of nitrogens with two attached hydrogens (primary N) is 1. The maximum absolute atomic E-state index is 6.31. The molecule has 0 unspecified atom stereocenters.